The van der Waals surface area contributed by atoms with Gasteiger partial charge >= 0.3 is 6.18 Å². The monoisotopic (exact) mass is 330 g/mol. The molecule has 0 spiro atoms. The van der Waals surface area contributed by atoms with Crippen molar-refractivity contribution in [2.45, 2.75) is 6.18 Å². The molecular formula is C18H13F3N2O. The molecule has 0 saturated heterocycles. The average molecular weight is 330 g/mol. The molecule has 3 aromatic rings. The first-order valence-corrected chi connectivity index (χ1v) is 7.08. The largest absolute Gasteiger partial charge is 0.457 e. The molecule has 1 aromatic heterocycles. The number of anilines is 1. The van der Waals surface area contributed by atoms with E-state index in [-0.39, 0.29) is 5.75 Å². The van der Waals surface area contributed by atoms with Crippen molar-refractivity contribution in [1.29, 1.82) is 0 Å². The summed E-state index contributed by atoms with van der Waals surface area (Å²) in [5.74, 6) is 0.464. The normalized spacial score (nSPS) is 11.3. The van der Waals surface area contributed by atoms with Gasteiger partial charge in [0.1, 0.15) is 11.5 Å². The minimum atomic E-state index is -4.43. The maximum absolute atomic E-state index is 12.8. The molecule has 0 aliphatic rings. The standard InChI is InChI=1S/C18H13F3N2O/c19-18(20,21)13-2-1-3-15(10-13)24-17-11-14(22)4-5-16(17)12-6-8-23-9-7-12/h1-11H,22H2. The number of ether oxygens (including phenoxy) is 1. The van der Waals surface area contributed by atoms with Crippen molar-refractivity contribution in [3.8, 4) is 22.6 Å². The van der Waals surface area contributed by atoms with Gasteiger partial charge in [0, 0.05) is 29.7 Å². The Balaban J connectivity index is 2.00. The van der Waals surface area contributed by atoms with Crippen molar-refractivity contribution in [2.75, 3.05) is 5.73 Å². The summed E-state index contributed by atoms with van der Waals surface area (Å²) in [5.41, 5.74) is 7.01. The number of pyridine rings is 1. The fourth-order valence-electron chi connectivity index (χ4n) is 2.26. The Bertz CT molecular complexity index is 848. The van der Waals surface area contributed by atoms with Gasteiger partial charge in [-0.15, -0.1) is 0 Å². The number of nitrogens with two attached hydrogens (primary N) is 1. The lowest BCUT2D eigenvalue weighted by Gasteiger charge is -2.14. The minimum Gasteiger partial charge on any atom is -0.457 e. The number of nitrogen functional groups attached to an aromatic ring is 1. The van der Waals surface area contributed by atoms with E-state index in [0.29, 0.717) is 17.0 Å². The summed E-state index contributed by atoms with van der Waals surface area (Å²) < 4.78 is 44.2. The number of hydrogen-bond donors (Lipinski definition) is 1. The SMILES string of the molecule is Nc1ccc(-c2ccncc2)c(Oc2cccc(C(F)(F)F)c2)c1. The van der Waals surface area contributed by atoms with Crippen LogP contribution in [-0.2, 0) is 6.18 Å². The maximum Gasteiger partial charge on any atom is 0.416 e. The molecule has 0 amide bonds. The van der Waals surface area contributed by atoms with Gasteiger partial charge in [-0.05, 0) is 48.0 Å². The number of benzene rings is 2. The van der Waals surface area contributed by atoms with E-state index in [0.717, 1.165) is 17.7 Å². The number of nitrogens with zero attached hydrogens (tertiary/aromatic N) is 1. The molecule has 0 unspecified atom stereocenters. The number of aromatic nitrogens is 1. The van der Waals surface area contributed by atoms with E-state index >= 15 is 0 Å². The predicted octanol–water partition coefficient (Wildman–Crippen LogP) is 5.14. The lowest BCUT2D eigenvalue weighted by Crippen LogP contribution is -2.04. The van der Waals surface area contributed by atoms with E-state index in [9.17, 15) is 13.2 Å². The van der Waals surface area contributed by atoms with E-state index in [4.69, 9.17) is 10.5 Å². The Hall–Kier alpha value is -3.02. The van der Waals surface area contributed by atoms with Gasteiger partial charge in [0.05, 0.1) is 5.56 Å². The van der Waals surface area contributed by atoms with Crippen molar-refractivity contribution in [3.05, 3.63) is 72.6 Å². The fourth-order valence-corrected chi connectivity index (χ4v) is 2.26. The Morgan fingerprint density at radius 2 is 1.67 bits per heavy atom. The van der Waals surface area contributed by atoms with Gasteiger partial charge in [-0.2, -0.15) is 13.2 Å². The Morgan fingerprint density at radius 3 is 2.38 bits per heavy atom. The van der Waals surface area contributed by atoms with Crippen molar-refractivity contribution in [2.24, 2.45) is 0 Å². The quantitative estimate of drug-likeness (QED) is 0.676. The van der Waals surface area contributed by atoms with Crippen molar-refractivity contribution in [1.82, 2.24) is 4.98 Å². The molecule has 0 fully saturated rings. The van der Waals surface area contributed by atoms with Crippen LogP contribution in [0.5, 0.6) is 11.5 Å². The van der Waals surface area contributed by atoms with E-state index in [1.165, 1.54) is 12.1 Å². The summed E-state index contributed by atoms with van der Waals surface area (Å²) in [6.07, 6.45) is -1.18. The van der Waals surface area contributed by atoms with Gasteiger partial charge in [0.25, 0.3) is 0 Å². The zero-order chi connectivity index (χ0) is 17.2. The van der Waals surface area contributed by atoms with Crippen LogP contribution in [0.25, 0.3) is 11.1 Å². The Labute approximate surface area is 136 Å². The zero-order valence-corrected chi connectivity index (χ0v) is 12.4. The molecule has 0 radical (unpaired) electrons. The minimum absolute atomic E-state index is 0.0886. The Morgan fingerprint density at radius 1 is 0.917 bits per heavy atom. The maximum atomic E-state index is 12.8. The third kappa shape index (κ3) is 3.48. The Kier molecular flexibility index (Phi) is 4.12. The molecule has 0 atom stereocenters. The molecule has 3 rings (SSSR count). The van der Waals surface area contributed by atoms with Crippen LogP contribution in [0.2, 0.25) is 0 Å². The van der Waals surface area contributed by atoms with E-state index in [1.807, 2.05) is 0 Å². The fraction of sp³-hybridized carbons (Fsp3) is 0.0556. The topological polar surface area (TPSA) is 48.1 Å². The molecule has 0 aliphatic carbocycles. The van der Waals surface area contributed by atoms with Gasteiger partial charge < -0.3 is 10.5 Å². The zero-order valence-electron chi connectivity index (χ0n) is 12.4. The first kappa shape index (κ1) is 15.9. The van der Waals surface area contributed by atoms with Gasteiger partial charge in [0.15, 0.2) is 0 Å². The second-order valence-corrected chi connectivity index (χ2v) is 5.12. The lowest BCUT2D eigenvalue weighted by molar-refractivity contribution is -0.137. The summed E-state index contributed by atoms with van der Waals surface area (Å²) in [6.45, 7) is 0. The summed E-state index contributed by atoms with van der Waals surface area (Å²) >= 11 is 0. The highest BCUT2D eigenvalue weighted by Crippen LogP contribution is 2.37. The van der Waals surface area contributed by atoms with Crippen LogP contribution in [-0.4, -0.2) is 4.98 Å². The summed E-state index contributed by atoms with van der Waals surface area (Å²) in [5, 5.41) is 0. The summed E-state index contributed by atoms with van der Waals surface area (Å²) in [4.78, 5) is 3.95. The second kappa shape index (κ2) is 6.23. The van der Waals surface area contributed by atoms with Crippen LogP contribution in [0.4, 0.5) is 18.9 Å². The highest BCUT2D eigenvalue weighted by molar-refractivity contribution is 5.73. The summed E-state index contributed by atoms with van der Waals surface area (Å²) in [7, 11) is 0. The van der Waals surface area contributed by atoms with Gasteiger partial charge in [-0.25, -0.2) is 0 Å². The molecule has 0 aliphatic heterocycles. The number of hydrogen-bond acceptors (Lipinski definition) is 3. The molecule has 2 aromatic carbocycles. The summed E-state index contributed by atoms with van der Waals surface area (Å²) in [6, 6.07) is 13.3. The molecule has 0 saturated carbocycles. The van der Waals surface area contributed by atoms with E-state index in [1.54, 1.807) is 42.7 Å². The van der Waals surface area contributed by atoms with Crippen LogP contribution >= 0.6 is 0 Å². The van der Waals surface area contributed by atoms with Gasteiger partial charge in [-0.1, -0.05) is 6.07 Å². The first-order chi connectivity index (χ1) is 11.4. The predicted molar refractivity (Wildman–Crippen MR) is 85.6 cm³/mol. The molecule has 6 heteroatoms. The number of alkyl halides is 3. The molecular weight excluding hydrogens is 317 g/mol. The van der Waals surface area contributed by atoms with Gasteiger partial charge in [-0.3, -0.25) is 4.98 Å². The molecule has 3 nitrogen and oxygen atoms in total. The lowest BCUT2D eigenvalue weighted by atomic mass is 10.1. The van der Waals surface area contributed by atoms with Crippen LogP contribution in [0.1, 0.15) is 5.56 Å². The average Bonchev–Trinajstić information content (AvgIpc) is 2.55. The molecule has 24 heavy (non-hydrogen) atoms. The van der Waals surface area contributed by atoms with Crippen LogP contribution < -0.4 is 10.5 Å². The van der Waals surface area contributed by atoms with E-state index < -0.39 is 11.7 Å². The third-order valence-corrected chi connectivity index (χ3v) is 3.39. The number of rotatable bonds is 3. The highest BCUT2D eigenvalue weighted by Gasteiger charge is 2.30. The highest BCUT2D eigenvalue weighted by atomic mass is 19.4. The first-order valence-electron chi connectivity index (χ1n) is 7.08. The molecule has 0 bridgehead atoms. The second-order valence-electron chi connectivity index (χ2n) is 5.12. The van der Waals surface area contributed by atoms with Crippen molar-refractivity contribution >= 4 is 5.69 Å². The van der Waals surface area contributed by atoms with Crippen molar-refractivity contribution in [3.63, 3.8) is 0 Å². The van der Waals surface area contributed by atoms with E-state index in [2.05, 4.69) is 4.98 Å². The third-order valence-electron chi connectivity index (χ3n) is 3.39. The van der Waals surface area contributed by atoms with Crippen LogP contribution in [0.15, 0.2) is 67.0 Å². The number of halogens is 3. The molecule has 1 heterocycles. The van der Waals surface area contributed by atoms with Crippen molar-refractivity contribution < 1.29 is 17.9 Å². The smallest absolute Gasteiger partial charge is 0.416 e. The van der Waals surface area contributed by atoms with Crippen LogP contribution in [0.3, 0.4) is 0 Å². The van der Waals surface area contributed by atoms with Crippen LogP contribution in [0, 0.1) is 0 Å². The van der Waals surface area contributed by atoms with Gasteiger partial charge in [0.2, 0.25) is 0 Å². The molecule has 2 N–H and O–H groups in total. The molecule has 122 valence electrons.